The number of aryl methyl sites for hydroxylation is 1. The number of benzene rings is 1. The van der Waals surface area contributed by atoms with Gasteiger partial charge in [-0.25, -0.2) is 9.18 Å². The summed E-state index contributed by atoms with van der Waals surface area (Å²) in [6.45, 7) is 1.82. The van der Waals surface area contributed by atoms with Gasteiger partial charge in [-0.05, 0) is 18.2 Å². The van der Waals surface area contributed by atoms with Crippen molar-refractivity contribution >= 4 is 17.6 Å². The lowest BCUT2D eigenvalue weighted by Gasteiger charge is -2.08. The molecule has 1 aromatic carbocycles. The van der Waals surface area contributed by atoms with Crippen LogP contribution in [0.3, 0.4) is 0 Å². The Hall–Kier alpha value is -2.63. The Morgan fingerprint density at radius 2 is 2.10 bits per heavy atom. The second kappa shape index (κ2) is 5.56. The number of anilines is 1. The van der Waals surface area contributed by atoms with Gasteiger partial charge in [-0.15, -0.1) is 0 Å². The van der Waals surface area contributed by atoms with Crippen molar-refractivity contribution in [1.29, 1.82) is 0 Å². The van der Waals surface area contributed by atoms with Crippen LogP contribution in [-0.2, 0) is 6.42 Å². The van der Waals surface area contributed by atoms with Crippen molar-refractivity contribution in [3.05, 3.63) is 53.2 Å². The van der Waals surface area contributed by atoms with E-state index in [-0.39, 0.29) is 5.69 Å². The Labute approximate surface area is 114 Å². The van der Waals surface area contributed by atoms with E-state index in [4.69, 9.17) is 9.52 Å². The molecule has 2 rings (SSSR count). The van der Waals surface area contributed by atoms with Gasteiger partial charge in [0.25, 0.3) is 5.91 Å². The number of furan rings is 1. The van der Waals surface area contributed by atoms with Gasteiger partial charge < -0.3 is 14.8 Å². The van der Waals surface area contributed by atoms with E-state index in [1.807, 2.05) is 6.92 Å². The van der Waals surface area contributed by atoms with Gasteiger partial charge in [-0.3, -0.25) is 4.79 Å². The van der Waals surface area contributed by atoms with Gasteiger partial charge in [0.05, 0.1) is 17.5 Å². The third kappa shape index (κ3) is 2.54. The first kappa shape index (κ1) is 13.8. The van der Waals surface area contributed by atoms with E-state index in [1.165, 1.54) is 24.5 Å². The SMILES string of the molecule is CCc1occc1C(=O)Nc1cccc(F)c1C(=O)O. The molecule has 0 unspecified atom stereocenters. The van der Waals surface area contributed by atoms with E-state index in [0.717, 1.165) is 6.07 Å². The summed E-state index contributed by atoms with van der Waals surface area (Å²) in [5.41, 5.74) is -0.360. The van der Waals surface area contributed by atoms with Crippen LogP contribution in [0.2, 0.25) is 0 Å². The van der Waals surface area contributed by atoms with E-state index < -0.39 is 23.3 Å². The van der Waals surface area contributed by atoms with E-state index >= 15 is 0 Å². The summed E-state index contributed by atoms with van der Waals surface area (Å²) < 4.78 is 18.6. The smallest absolute Gasteiger partial charge is 0.340 e. The number of aromatic carboxylic acids is 1. The average molecular weight is 277 g/mol. The molecule has 0 spiro atoms. The predicted molar refractivity (Wildman–Crippen MR) is 69.4 cm³/mol. The minimum Gasteiger partial charge on any atom is -0.478 e. The Morgan fingerprint density at radius 1 is 1.35 bits per heavy atom. The number of carbonyl (C=O) groups is 2. The molecule has 0 aliphatic rings. The highest BCUT2D eigenvalue weighted by Crippen LogP contribution is 2.21. The number of carboxylic acid groups (broad SMARTS) is 1. The average Bonchev–Trinajstić information content (AvgIpc) is 2.86. The number of halogens is 1. The van der Waals surface area contributed by atoms with E-state index in [9.17, 15) is 14.0 Å². The summed E-state index contributed by atoms with van der Waals surface area (Å²) >= 11 is 0. The highest BCUT2D eigenvalue weighted by atomic mass is 19.1. The minimum absolute atomic E-state index is 0.0919. The molecule has 0 aliphatic heterocycles. The van der Waals surface area contributed by atoms with Crippen molar-refractivity contribution in [3.8, 4) is 0 Å². The van der Waals surface area contributed by atoms with Crippen LogP contribution in [0.15, 0.2) is 34.9 Å². The molecule has 2 N–H and O–H groups in total. The molecule has 6 heteroatoms. The molecule has 1 amide bonds. The monoisotopic (exact) mass is 277 g/mol. The van der Waals surface area contributed by atoms with Crippen molar-refractivity contribution in [3.63, 3.8) is 0 Å². The first-order chi connectivity index (χ1) is 9.54. The van der Waals surface area contributed by atoms with Crippen LogP contribution < -0.4 is 5.32 Å². The first-order valence-electron chi connectivity index (χ1n) is 5.94. The Morgan fingerprint density at radius 3 is 2.75 bits per heavy atom. The third-order valence-corrected chi connectivity index (χ3v) is 2.79. The maximum atomic E-state index is 13.5. The number of rotatable bonds is 4. The zero-order valence-electron chi connectivity index (χ0n) is 10.6. The van der Waals surface area contributed by atoms with E-state index in [1.54, 1.807) is 0 Å². The van der Waals surface area contributed by atoms with Crippen LogP contribution in [0, 0.1) is 5.82 Å². The van der Waals surface area contributed by atoms with Crippen molar-refractivity contribution in [2.75, 3.05) is 5.32 Å². The molecule has 0 aliphatic carbocycles. The van der Waals surface area contributed by atoms with Crippen LogP contribution in [0.4, 0.5) is 10.1 Å². The fourth-order valence-electron chi connectivity index (χ4n) is 1.85. The lowest BCUT2D eigenvalue weighted by molar-refractivity contribution is 0.0693. The second-order valence-corrected chi connectivity index (χ2v) is 4.03. The summed E-state index contributed by atoms with van der Waals surface area (Å²) in [6.07, 6.45) is 1.89. The number of hydrogen-bond donors (Lipinski definition) is 2. The summed E-state index contributed by atoms with van der Waals surface area (Å²) in [5, 5.41) is 11.4. The summed E-state index contributed by atoms with van der Waals surface area (Å²) in [7, 11) is 0. The van der Waals surface area contributed by atoms with E-state index in [0.29, 0.717) is 17.7 Å². The highest BCUT2D eigenvalue weighted by Gasteiger charge is 2.19. The predicted octanol–water partition coefficient (Wildman–Crippen LogP) is 2.93. The van der Waals surface area contributed by atoms with Crippen LogP contribution >= 0.6 is 0 Å². The lowest BCUT2D eigenvalue weighted by atomic mass is 10.1. The van der Waals surface area contributed by atoms with Crippen molar-refractivity contribution < 1.29 is 23.5 Å². The lowest BCUT2D eigenvalue weighted by Crippen LogP contribution is -2.16. The maximum absolute atomic E-state index is 13.5. The number of nitrogens with one attached hydrogen (secondary N) is 1. The summed E-state index contributed by atoms with van der Waals surface area (Å²) in [5.74, 6) is -2.40. The molecule has 0 radical (unpaired) electrons. The van der Waals surface area contributed by atoms with E-state index in [2.05, 4.69) is 5.32 Å². The van der Waals surface area contributed by atoms with Crippen LogP contribution in [-0.4, -0.2) is 17.0 Å². The minimum atomic E-state index is -1.44. The molecule has 2 aromatic rings. The Balaban J connectivity index is 2.33. The quantitative estimate of drug-likeness (QED) is 0.900. The molecular weight excluding hydrogens is 265 g/mol. The van der Waals surface area contributed by atoms with Crippen LogP contribution in [0.25, 0.3) is 0 Å². The molecular formula is C14H12FNO4. The maximum Gasteiger partial charge on any atom is 0.340 e. The molecule has 0 bridgehead atoms. The van der Waals surface area contributed by atoms with Crippen molar-refractivity contribution in [1.82, 2.24) is 0 Å². The molecule has 0 fully saturated rings. The number of carbonyl (C=O) groups excluding carboxylic acids is 1. The number of amides is 1. The number of carboxylic acids is 1. The van der Waals surface area contributed by atoms with Gasteiger partial charge in [0, 0.05) is 6.42 Å². The summed E-state index contributed by atoms with van der Waals surface area (Å²) in [6, 6.07) is 5.16. The largest absolute Gasteiger partial charge is 0.478 e. The topological polar surface area (TPSA) is 79.5 Å². The standard InChI is InChI=1S/C14H12FNO4/c1-2-11-8(6-7-20-11)13(17)16-10-5-3-4-9(15)12(10)14(18)19/h3-7H,2H2,1H3,(H,16,17)(H,18,19). The molecule has 104 valence electrons. The fraction of sp³-hybridized carbons (Fsp3) is 0.143. The van der Waals surface area contributed by atoms with Crippen LogP contribution in [0.1, 0.15) is 33.4 Å². The Bertz CT molecular complexity index is 663. The van der Waals surface area contributed by atoms with Gasteiger partial charge in [0.2, 0.25) is 0 Å². The molecule has 1 heterocycles. The van der Waals surface area contributed by atoms with Gasteiger partial charge in [0.1, 0.15) is 17.1 Å². The van der Waals surface area contributed by atoms with Gasteiger partial charge >= 0.3 is 5.97 Å². The molecule has 20 heavy (non-hydrogen) atoms. The molecule has 0 atom stereocenters. The van der Waals surface area contributed by atoms with Gasteiger partial charge in [0.15, 0.2) is 0 Å². The highest BCUT2D eigenvalue weighted by molar-refractivity contribution is 6.08. The zero-order chi connectivity index (χ0) is 14.7. The second-order valence-electron chi connectivity index (χ2n) is 4.03. The summed E-state index contributed by atoms with van der Waals surface area (Å²) in [4.78, 5) is 23.1. The molecule has 0 saturated heterocycles. The molecule has 5 nitrogen and oxygen atoms in total. The molecule has 1 aromatic heterocycles. The van der Waals surface area contributed by atoms with Crippen LogP contribution in [0.5, 0.6) is 0 Å². The zero-order valence-corrected chi connectivity index (χ0v) is 10.6. The first-order valence-corrected chi connectivity index (χ1v) is 5.94. The van der Waals surface area contributed by atoms with Crippen molar-refractivity contribution in [2.45, 2.75) is 13.3 Å². The van der Waals surface area contributed by atoms with Gasteiger partial charge in [-0.2, -0.15) is 0 Å². The third-order valence-electron chi connectivity index (χ3n) is 2.79. The molecule has 0 saturated carbocycles. The fourth-order valence-corrected chi connectivity index (χ4v) is 1.85. The van der Waals surface area contributed by atoms with Crippen molar-refractivity contribution in [2.24, 2.45) is 0 Å². The Kier molecular flexibility index (Phi) is 3.84. The normalized spacial score (nSPS) is 10.3. The number of hydrogen-bond acceptors (Lipinski definition) is 3. The van der Waals surface area contributed by atoms with Gasteiger partial charge in [-0.1, -0.05) is 13.0 Å².